The molecule has 0 unspecified atom stereocenters. The van der Waals surface area contributed by atoms with Crippen molar-refractivity contribution in [2.75, 3.05) is 18.8 Å². The minimum absolute atomic E-state index is 0.685. The van der Waals surface area contributed by atoms with Crippen LogP contribution in [-0.2, 0) is 6.42 Å². The molecule has 1 aromatic rings. The molecule has 1 fully saturated rings. The van der Waals surface area contributed by atoms with Gasteiger partial charge in [-0.2, -0.15) is 0 Å². The Bertz CT molecular complexity index is 268. The molecular formula is C9H13N3. The lowest BCUT2D eigenvalue weighted by Gasteiger charge is -2.27. The normalized spacial score (nSPS) is 17.3. The molecule has 64 valence electrons. The Morgan fingerprint density at radius 2 is 2.42 bits per heavy atom. The summed E-state index contributed by atoms with van der Waals surface area (Å²) in [4.78, 5) is 4.05. The largest absolute Gasteiger partial charge is 0.383 e. The predicted molar refractivity (Wildman–Crippen MR) is 48.7 cm³/mol. The van der Waals surface area contributed by atoms with Crippen LogP contribution in [-0.4, -0.2) is 18.1 Å². The number of nitrogens with zero attached hydrogens (tertiary/aromatic N) is 1. The Labute approximate surface area is 72.0 Å². The van der Waals surface area contributed by atoms with Gasteiger partial charge in [0.15, 0.2) is 0 Å². The van der Waals surface area contributed by atoms with Crippen molar-refractivity contribution >= 4 is 5.82 Å². The number of nitrogens with one attached hydrogen (secondary N) is 1. The van der Waals surface area contributed by atoms with Crippen LogP contribution in [0.25, 0.3) is 0 Å². The Hall–Kier alpha value is -1.09. The Morgan fingerprint density at radius 1 is 1.58 bits per heavy atom. The zero-order chi connectivity index (χ0) is 8.39. The number of rotatable bonds is 2. The van der Waals surface area contributed by atoms with Crippen LogP contribution in [0.2, 0.25) is 0 Å². The van der Waals surface area contributed by atoms with E-state index in [9.17, 15) is 0 Å². The van der Waals surface area contributed by atoms with Crippen LogP contribution in [0.1, 0.15) is 5.56 Å². The van der Waals surface area contributed by atoms with Crippen molar-refractivity contribution in [1.29, 1.82) is 0 Å². The van der Waals surface area contributed by atoms with Gasteiger partial charge in [0.25, 0.3) is 0 Å². The molecule has 0 amide bonds. The number of hydrogen-bond acceptors (Lipinski definition) is 3. The zero-order valence-corrected chi connectivity index (χ0v) is 6.96. The molecule has 0 radical (unpaired) electrons. The highest BCUT2D eigenvalue weighted by molar-refractivity contribution is 5.38. The molecule has 0 atom stereocenters. The molecule has 3 N–H and O–H groups in total. The summed E-state index contributed by atoms with van der Waals surface area (Å²) in [5.74, 6) is 1.45. The minimum Gasteiger partial charge on any atom is -0.383 e. The third kappa shape index (κ3) is 1.41. The van der Waals surface area contributed by atoms with Crippen molar-refractivity contribution in [3.8, 4) is 0 Å². The fourth-order valence-corrected chi connectivity index (χ4v) is 1.43. The molecule has 0 aromatic carbocycles. The van der Waals surface area contributed by atoms with Gasteiger partial charge in [0.05, 0.1) is 0 Å². The molecule has 0 saturated carbocycles. The van der Waals surface area contributed by atoms with Crippen molar-refractivity contribution in [1.82, 2.24) is 10.3 Å². The summed E-state index contributed by atoms with van der Waals surface area (Å²) in [5, 5.41) is 3.24. The van der Waals surface area contributed by atoms with E-state index in [0.29, 0.717) is 5.82 Å². The molecule has 1 aliphatic heterocycles. The molecular weight excluding hydrogens is 150 g/mol. The van der Waals surface area contributed by atoms with Crippen molar-refractivity contribution in [2.24, 2.45) is 5.92 Å². The topological polar surface area (TPSA) is 50.9 Å². The molecule has 3 heteroatoms. The van der Waals surface area contributed by atoms with Gasteiger partial charge in [0, 0.05) is 6.20 Å². The van der Waals surface area contributed by atoms with Gasteiger partial charge in [0.2, 0.25) is 0 Å². The minimum atomic E-state index is 0.685. The molecule has 1 saturated heterocycles. The lowest BCUT2D eigenvalue weighted by atomic mass is 9.95. The Balaban J connectivity index is 2.06. The van der Waals surface area contributed by atoms with E-state index >= 15 is 0 Å². The van der Waals surface area contributed by atoms with Gasteiger partial charge >= 0.3 is 0 Å². The van der Waals surface area contributed by atoms with Crippen LogP contribution in [0.3, 0.4) is 0 Å². The Morgan fingerprint density at radius 3 is 3.00 bits per heavy atom. The van der Waals surface area contributed by atoms with Crippen molar-refractivity contribution in [2.45, 2.75) is 6.42 Å². The van der Waals surface area contributed by atoms with E-state index in [1.54, 1.807) is 6.20 Å². The maximum absolute atomic E-state index is 5.72. The smallest absolute Gasteiger partial charge is 0.126 e. The number of pyridine rings is 1. The van der Waals surface area contributed by atoms with Crippen LogP contribution >= 0.6 is 0 Å². The summed E-state index contributed by atoms with van der Waals surface area (Å²) < 4.78 is 0. The highest BCUT2D eigenvalue weighted by atomic mass is 14.9. The number of anilines is 1. The van der Waals surface area contributed by atoms with Gasteiger partial charge in [-0.15, -0.1) is 0 Å². The first kappa shape index (κ1) is 7.55. The monoisotopic (exact) mass is 163 g/mol. The van der Waals surface area contributed by atoms with E-state index < -0.39 is 0 Å². The van der Waals surface area contributed by atoms with Gasteiger partial charge in [0.1, 0.15) is 5.82 Å². The van der Waals surface area contributed by atoms with Gasteiger partial charge in [-0.1, -0.05) is 6.07 Å². The third-order valence-electron chi connectivity index (χ3n) is 2.30. The molecule has 1 aliphatic rings. The van der Waals surface area contributed by atoms with Gasteiger partial charge in [-0.25, -0.2) is 4.98 Å². The number of aromatic nitrogens is 1. The fraction of sp³-hybridized carbons (Fsp3) is 0.444. The SMILES string of the molecule is Nc1ncccc1CC1CNC1. The first-order chi connectivity index (χ1) is 5.86. The predicted octanol–water partition coefficient (Wildman–Crippen LogP) is 0.426. The van der Waals surface area contributed by atoms with Crippen LogP contribution in [0.4, 0.5) is 5.82 Å². The second-order valence-corrected chi connectivity index (χ2v) is 3.28. The summed E-state index contributed by atoms with van der Waals surface area (Å²) >= 11 is 0. The van der Waals surface area contributed by atoms with Crippen molar-refractivity contribution < 1.29 is 0 Å². The van der Waals surface area contributed by atoms with Crippen molar-refractivity contribution in [3.05, 3.63) is 23.9 Å². The van der Waals surface area contributed by atoms with Gasteiger partial charge < -0.3 is 11.1 Å². The first-order valence-corrected chi connectivity index (χ1v) is 4.26. The standard InChI is InChI=1S/C9H13N3/c10-9-8(2-1-3-12-9)4-7-5-11-6-7/h1-3,7,11H,4-6H2,(H2,10,12). The van der Waals surface area contributed by atoms with Crippen LogP contribution < -0.4 is 11.1 Å². The summed E-state index contributed by atoms with van der Waals surface area (Å²) in [6.07, 6.45) is 2.80. The van der Waals surface area contributed by atoms with E-state index in [1.165, 1.54) is 5.56 Å². The average molecular weight is 163 g/mol. The number of hydrogen-bond donors (Lipinski definition) is 2. The zero-order valence-electron chi connectivity index (χ0n) is 6.96. The van der Waals surface area contributed by atoms with E-state index in [2.05, 4.69) is 16.4 Å². The van der Waals surface area contributed by atoms with E-state index in [0.717, 1.165) is 25.4 Å². The van der Waals surface area contributed by atoms with Gasteiger partial charge in [-0.3, -0.25) is 0 Å². The fourth-order valence-electron chi connectivity index (χ4n) is 1.43. The van der Waals surface area contributed by atoms with Gasteiger partial charge in [-0.05, 0) is 37.1 Å². The summed E-state index contributed by atoms with van der Waals surface area (Å²) in [6.45, 7) is 2.24. The lowest BCUT2D eigenvalue weighted by Crippen LogP contribution is -2.43. The first-order valence-electron chi connectivity index (χ1n) is 4.26. The lowest BCUT2D eigenvalue weighted by molar-refractivity contribution is 0.347. The summed E-state index contributed by atoms with van der Waals surface area (Å²) in [5.41, 5.74) is 6.90. The maximum Gasteiger partial charge on any atom is 0.126 e. The van der Waals surface area contributed by atoms with E-state index in [-0.39, 0.29) is 0 Å². The molecule has 1 aromatic heterocycles. The molecule has 0 bridgehead atoms. The summed E-state index contributed by atoms with van der Waals surface area (Å²) in [7, 11) is 0. The van der Waals surface area contributed by atoms with E-state index in [4.69, 9.17) is 5.73 Å². The summed E-state index contributed by atoms with van der Waals surface area (Å²) in [6, 6.07) is 4.00. The second-order valence-electron chi connectivity index (χ2n) is 3.28. The average Bonchev–Trinajstić information content (AvgIpc) is 2.00. The molecule has 0 aliphatic carbocycles. The molecule has 3 nitrogen and oxygen atoms in total. The third-order valence-corrected chi connectivity index (χ3v) is 2.30. The molecule has 12 heavy (non-hydrogen) atoms. The number of nitrogens with two attached hydrogens (primary N) is 1. The molecule has 2 rings (SSSR count). The van der Waals surface area contributed by atoms with Crippen LogP contribution in [0, 0.1) is 5.92 Å². The molecule has 2 heterocycles. The number of nitrogen functional groups attached to an aromatic ring is 1. The highest BCUT2D eigenvalue weighted by Crippen LogP contribution is 2.15. The Kier molecular flexibility index (Phi) is 1.96. The van der Waals surface area contributed by atoms with Crippen molar-refractivity contribution in [3.63, 3.8) is 0 Å². The maximum atomic E-state index is 5.72. The van der Waals surface area contributed by atoms with E-state index in [1.807, 2.05) is 6.07 Å². The molecule has 0 spiro atoms. The highest BCUT2D eigenvalue weighted by Gasteiger charge is 2.17. The van der Waals surface area contributed by atoms with Crippen LogP contribution in [0.15, 0.2) is 18.3 Å². The quantitative estimate of drug-likeness (QED) is 0.664. The second kappa shape index (κ2) is 3.11. The van der Waals surface area contributed by atoms with Crippen LogP contribution in [0.5, 0.6) is 0 Å².